The van der Waals surface area contributed by atoms with Crippen LogP contribution in [0.15, 0.2) is 30.5 Å². The number of carbonyl (C=O) groups is 1. The van der Waals surface area contributed by atoms with Gasteiger partial charge in [-0.2, -0.15) is 13.2 Å². The summed E-state index contributed by atoms with van der Waals surface area (Å²) in [4.78, 5) is 30.6. The molecular weight excluding hydrogens is 489 g/mol. The van der Waals surface area contributed by atoms with Gasteiger partial charge < -0.3 is 10.2 Å². The van der Waals surface area contributed by atoms with Crippen molar-refractivity contribution in [2.45, 2.75) is 45.2 Å². The number of pyridine rings is 1. The number of carbonyl (C=O) groups excluding carboxylic acids is 1. The summed E-state index contributed by atoms with van der Waals surface area (Å²) in [7, 11) is 0. The lowest BCUT2D eigenvalue weighted by atomic mass is 9.95. The number of anilines is 1. The number of nitrogens with one attached hydrogen (secondary N) is 1. The number of unbranched alkanes of at least 4 members (excludes halogenated alkanes) is 1. The number of halogens is 3. The Balaban J connectivity index is 1.22. The first-order valence-electron chi connectivity index (χ1n) is 12.1. The number of piperazine rings is 1. The molecule has 0 unspecified atom stereocenters. The maximum atomic E-state index is 13.4. The fourth-order valence-corrected chi connectivity index (χ4v) is 4.93. The van der Waals surface area contributed by atoms with E-state index in [2.05, 4.69) is 25.2 Å². The van der Waals surface area contributed by atoms with E-state index in [0.717, 1.165) is 48.8 Å². The van der Waals surface area contributed by atoms with Crippen molar-refractivity contribution in [1.82, 2.24) is 25.2 Å². The minimum absolute atomic E-state index is 0.0793. The van der Waals surface area contributed by atoms with E-state index < -0.39 is 17.3 Å². The van der Waals surface area contributed by atoms with Gasteiger partial charge in [0.25, 0.3) is 5.91 Å². The monoisotopic (exact) mass is 520 g/mol. The molecule has 1 fully saturated rings. The Morgan fingerprint density at radius 2 is 1.83 bits per heavy atom. The predicted octanol–water partition coefficient (Wildman–Crippen LogP) is 4.73. The van der Waals surface area contributed by atoms with Gasteiger partial charge in [0.1, 0.15) is 22.2 Å². The molecule has 0 saturated carbocycles. The van der Waals surface area contributed by atoms with Crippen LogP contribution in [0.3, 0.4) is 0 Å². The molecule has 1 saturated heterocycles. The second kappa shape index (κ2) is 10.7. The highest BCUT2D eigenvalue weighted by atomic mass is 32.1. The van der Waals surface area contributed by atoms with Crippen molar-refractivity contribution in [3.63, 3.8) is 0 Å². The zero-order chi connectivity index (χ0) is 25.9. The molecule has 0 aromatic carbocycles. The fraction of sp³-hybridized carbons (Fsp3) is 0.520. The molecule has 0 spiro atoms. The van der Waals surface area contributed by atoms with E-state index in [1.54, 1.807) is 6.20 Å². The van der Waals surface area contributed by atoms with Crippen LogP contribution in [0.1, 0.15) is 54.8 Å². The molecule has 36 heavy (non-hydrogen) atoms. The van der Waals surface area contributed by atoms with Crippen LogP contribution >= 0.6 is 11.3 Å². The van der Waals surface area contributed by atoms with Crippen LogP contribution in [-0.2, 0) is 11.6 Å². The van der Waals surface area contributed by atoms with Gasteiger partial charge in [0.05, 0.1) is 4.88 Å². The second-order valence-corrected chi connectivity index (χ2v) is 11.0. The van der Waals surface area contributed by atoms with Crippen LogP contribution < -0.4 is 10.2 Å². The third kappa shape index (κ3) is 6.50. The zero-order valence-corrected chi connectivity index (χ0v) is 21.5. The molecule has 1 aliphatic rings. The van der Waals surface area contributed by atoms with Gasteiger partial charge in [-0.1, -0.05) is 26.8 Å². The number of amides is 1. The molecule has 1 amide bonds. The topological polar surface area (TPSA) is 74.2 Å². The average Bonchev–Trinajstić information content (AvgIpc) is 3.27. The van der Waals surface area contributed by atoms with Crippen molar-refractivity contribution >= 4 is 33.3 Å². The number of thiophene rings is 1. The summed E-state index contributed by atoms with van der Waals surface area (Å²) in [5, 5.41) is 3.94. The van der Waals surface area contributed by atoms with Crippen LogP contribution in [0.25, 0.3) is 10.2 Å². The van der Waals surface area contributed by atoms with Crippen LogP contribution in [0, 0.1) is 0 Å². The summed E-state index contributed by atoms with van der Waals surface area (Å²) in [6.07, 6.45) is -1.02. The summed E-state index contributed by atoms with van der Waals surface area (Å²) in [5.74, 6) is 0.453. The number of rotatable bonds is 7. The van der Waals surface area contributed by atoms with Gasteiger partial charge >= 0.3 is 6.18 Å². The molecule has 7 nitrogen and oxygen atoms in total. The summed E-state index contributed by atoms with van der Waals surface area (Å²) in [6.45, 7) is 9.61. The molecule has 11 heteroatoms. The smallest absolute Gasteiger partial charge is 0.354 e. The van der Waals surface area contributed by atoms with E-state index in [4.69, 9.17) is 0 Å². The highest BCUT2D eigenvalue weighted by Crippen LogP contribution is 2.32. The van der Waals surface area contributed by atoms with Gasteiger partial charge in [-0.15, -0.1) is 11.3 Å². The van der Waals surface area contributed by atoms with Gasteiger partial charge in [0, 0.05) is 55.8 Å². The van der Waals surface area contributed by atoms with Crippen LogP contribution in [0.2, 0.25) is 0 Å². The van der Waals surface area contributed by atoms with Gasteiger partial charge in [-0.3, -0.25) is 9.69 Å². The third-order valence-corrected chi connectivity index (χ3v) is 7.13. The third-order valence-electron chi connectivity index (χ3n) is 6.07. The van der Waals surface area contributed by atoms with Gasteiger partial charge in [-0.25, -0.2) is 15.0 Å². The number of hydrogen-bond donors (Lipinski definition) is 1. The Bertz CT molecular complexity index is 1130. The van der Waals surface area contributed by atoms with E-state index in [1.807, 2.05) is 43.9 Å². The Hall–Kier alpha value is -2.79. The minimum Gasteiger partial charge on any atom is -0.354 e. The fourth-order valence-electron chi connectivity index (χ4n) is 4.01. The molecule has 0 radical (unpaired) electrons. The second-order valence-electron chi connectivity index (χ2n) is 9.98. The molecule has 3 aromatic rings. The summed E-state index contributed by atoms with van der Waals surface area (Å²) >= 11 is 1.39. The first-order chi connectivity index (χ1) is 17.0. The lowest BCUT2D eigenvalue weighted by molar-refractivity contribution is -0.141. The summed E-state index contributed by atoms with van der Waals surface area (Å²) in [6, 6.07) is 6.72. The van der Waals surface area contributed by atoms with Crippen molar-refractivity contribution < 1.29 is 18.0 Å². The lowest BCUT2D eigenvalue weighted by Crippen LogP contribution is -2.47. The van der Waals surface area contributed by atoms with E-state index in [1.165, 1.54) is 11.3 Å². The molecule has 0 aliphatic carbocycles. The van der Waals surface area contributed by atoms with Gasteiger partial charge in [0.2, 0.25) is 0 Å². The molecule has 0 bridgehead atoms. The minimum atomic E-state index is -4.51. The highest BCUT2D eigenvalue weighted by molar-refractivity contribution is 7.20. The molecule has 4 heterocycles. The SMILES string of the molecule is CC(C)(C)c1nc(N2CCN(CCCCNC(=O)c3cc4cccnc4s3)CC2)cc(C(F)(F)F)n1. The molecule has 0 atom stereocenters. The summed E-state index contributed by atoms with van der Waals surface area (Å²) in [5.41, 5.74) is -1.48. The first kappa shape index (κ1) is 26.3. The molecular formula is C25H31F3N6OS. The molecule has 194 valence electrons. The van der Waals surface area contributed by atoms with Crippen molar-refractivity contribution in [2.24, 2.45) is 0 Å². The van der Waals surface area contributed by atoms with Crippen LogP contribution in [-0.4, -0.2) is 65.0 Å². The van der Waals surface area contributed by atoms with E-state index in [-0.39, 0.29) is 11.7 Å². The highest BCUT2D eigenvalue weighted by Gasteiger charge is 2.36. The van der Waals surface area contributed by atoms with Crippen LogP contribution in [0.4, 0.5) is 19.0 Å². The predicted molar refractivity (Wildman–Crippen MR) is 136 cm³/mol. The maximum Gasteiger partial charge on any atom is 0.433 e. The number of alkyl halides is 3. The van der Waals surface area contributed by atoms with E-state index in [0.29, 0.717) is 30.3 Å². The Labute approximate surface area is 212 Å². The quantitative estimate of drug-likeness (QED) is 0.454. The lowest BCUT2D eigenvalue weighted by Gasteiger charge is -2.36. The number of hydrogen-bond acceptors (Lipinski definition) is 7. The summed E-state index contributed by atoms with van der Waals surface area (Å²) < 4.78 is 40.3. The number of aromatic nitrogens is 3. The van der Waals surface area contributed by atoms with Gasteiger partial charge in [-0.05, 0) is 31.5 Å². The number of fused-ring (bicyclic) bond motifs is 1. The van der Waals surface area contributed by atoms with Crippen molar-refractivity contribution in [3.05, 3.63) is 46.9 Å². The average molecular weight is 521 g/mol. The molecule has 1 aliphatic heterocycles. The Morgan fingerprint density at radius 1 is 1.08 bits per heavy atom. The normalized spacial score (nSPS) is 15.4. The Kier molecular flexibility index (Phi) is 7.79. The maximum absolute atomic E-state index is 13.4. The first-order valence-corrected chi connectivity index (χ1v) is 12.9. The van der Waals surface area contributed by atoms with Crippen LogP contribution in [0.5, 0.6) is 0 Å². The van der Waals surface area contributed by atoms with Crippen molar-refractivity contribution in [2.75, 3.05) is 44.2 Å². The molecule has 4 rings (SSSR count). The molecule has 1 N–H and O–H groups in total. The van der Waals surface area contributed by atoms with Crippen molar-refractivity contribution in [3.8, 4) is 0 Å². The number of nitrogens with zero attached hydrogens (tertiary/aromatic N) is 5. The largest absolute Gasteiger partial charge is 0.433 e. The standard InChI is InChI=1S/C25H31F3N6OS/c1-24(2,3)23-31-19(25(26,27)28)16-20(32-23)34-13-11-33(12-14-34)10-5-4-8-29-21(35)18-15-17-7-6-9-30-22(17)36-18/h6-7,9,15-16H,4-5,8,10-14H2,1-3H3,(H,29,35). The van der Waals surface area contributed by atoms with E-state index >= 15 is 0 Å². The Morgan fingerprint density at radius 3 is 2.50 bits per heavy atom. The zero-order valence-electron chi connectivity index (χ0n) is 20.7. The molecule has 3 aromatic heterocycles. The van der Waals surface area contributed by atoms with E-state index in [9.17, 15) is 18.0 Å². The van der Waals surface area contributed by atoms with Crippen molar-refractivity contribution in [1.29, 1.82) is 0 Å². The van der Waals surface area contributed by atoms with Gasteiger partial charge in [0.15, 0.2) is 0 Å².